The molecule has 0 saturated carbocycles. The second kappa shape index (κ2) is 10.5. The maximum Gasteiger partial charge on any atom is 0.237 e. The van der Waals surface area contributed by atoms with Crippen molar-refractivity contribution in [3.05, 3.63) is 29.8 Å². The van der Waals surface area contributed by atoms with Crippen LogP contribution in [0.3, 0.4) is 0 Å². The summed E-state index contributed by atoms with van der Waals surface area (Å²) in [7, 11) is 1.63. The highest BCUT2D eigenvalue weighted by molar-refractivity contribution is 5.85. The zero-order valence-corrected chi connectivity index (χ0v) is 16.7. The number of piperidine rings is 1. The number of carbonyl (C=O) groups is 2. The molecule has 2 aliphatic heterocycles. The lowest BCUT2D eigenvalue weighted by Crippen LogP contribution is -2.47. The van der Waals surface area contributed by atoms with Crippen LogP contribution in [0.1, 0.15) is 31.2 Å². The average molecular weight is 396 g/mol. The lowest BCUT2D eigenvalue weighted by atomic mass is 9.97. The molecule has 6 nitrogen and oxygen atoms in total. The number of amides is 2. The Balaban J connectivity index is 0.00000261. The van der Waals surface area contributed by atoms with Gasteiger partial charge in [-0.25, -0.2) is 0 Å². The molecule has 2 amide bonds. The van der Waals surface area contributed by atoms with Crippen molar-refractivity contribution in [2.45, 2.75) is 38.1 Å². The van der Waals surface area contributed by atoms with Gasteiger partial charge < -0.3 is 20.3 Å². The van der Waals surface area contributed by atoms with Crippen molar-refractivity contribution in [3.63, 3.8) is 0 Å². The Morgan fingerprint density at radius 2 is 2.00 bits per heavy atom. The monoisotopic (exact) mass is 395 g/mol. The van der Waals surface area contributed by atoms with Gasteiger partial charge in [0.15, 0.2) is 0 Å². The summed E-state index contributed by atoms with van der Waals surface area (Å²) in [6.07, 6.45) is 4.45. The molecular formula is C20H30ClN3O3. The van der Waals surface area contributed by atoms with Crippen molar-refractivity contribution in [3.8, 4) is 5.75 Å². The van der Waals surface area contributed by atoms with Gasteiger partial charge in [-0.2, -0.15) is 0 Å². The van der Waals surface area contributed by atoms with Crippen LogP contribution in [0, 0.1) is 5.92 Å². The molecule has 0 spiro atoms. The number of carbonyl (C=O) groups excluding carboxylic acids is 2. The molecule has 0 bridgehead atoms. The highest BCUT2D eigenvalue weighted by atomic mass is 35.5. The summed E-state index contributed by atoms with van der Waals surface area (Å²) in [6, 6.07) is 7.61. The molecule has 3 rings (SSSR count). The van der Waals surface area contributed by atoms with Gasteiger partial charge in [-0.1, -0.05) is 12.1 Å². The van der Waals surface area contributed by atoms with E-state index in [0.717, 1.165) is 56.6 Å². The molecule has 0 aliphatic carbocycles. The Hall–Kier alpha value is -1.79. The molecule has 2 unspecified atom stereocenters. The summed E-state index contributed by atoms with van der Waals surface area (Å²) >= 11 is 0. The summed E-state index contributed by atoms with van der Waals surface area (Å²) in [5.74, 6) is 1.40. The van der Waals surface area contributed by atoms with Crippen LogP contribution in [0.25, 0.3) is 0 Å². The summed E-state index contributed by atoms with van der Waals surface area (Å²) in [5, 5.41) is 6.28. The Labute approximate surface area is 167 Å². The van der Waals surface area contributed by atoms with Gasteiger partial charge in [0.25, 0.3) is 0 Å². The Bertz CT molecular complexity index is 617. The minimum atomic E-state index is -0.0357. The Morgan fingerprint density at radius 3 is 2.67 bits per heavy atom. The van der Waals surface area contributed by atoms with Crippen LogP contribution >= 0.6 is 12.4 Å². The van der Waals surface area contributed by atoms with Crippen LogP contribution in [-0.4, -0.2) is 56.0 Å². The number of likely N-dealkylation sites (tertiary alicyclic amines) is 1. The molecule has 7 heteroatoms. The van der Waals surface area contributed by atoms with Gasteiger partial charge in [0.05, 0.1) is 19.6 Å². The Kier molecular flexibility index (Phi) is 8.38. The zero-order chi connectivity index (χ0) is 18.4. The lowest BCUT2D eigenvalue weighted by molar-refractivity contribution is -0.132. The fourth-order valence-electron chi connectivity index (χ4n) is 3.76. The van der Waals surface area contributed by atoms with Gasteiger partial charge >= 0.3 is 0 Å². The fourth-order valence-corrected chi connectivity index (χ4v) is 3.76. The molecular weight excluding hydrogens is 366 g/mol. The molecule has 2 aliphatic rings. The van der Waals surface area contributed by atoms with Crippen LogP contribution in [0.5, 0.6) is 5.75 Å². The van der Waals surface area contributed by atoms with E-state index in [-0.39, 0.29) is 30.3 Å². The smallest absolute Gasteiger partial charge is 0.237 e. The van der Waals surface area contributed by atoms with Crippen LogP contribution in [0.4, 0.5) is 0 Å². The first-order chi connectivity index (χ1) is 12.7. The van der Waals surface area contributed by atoms with Gasteiger partial charge in [-0.05, 0) is 55.8 Å². The van der Waals surface area contributed by atoms with Crippen molar-refractivity contribution in [2.24, 2.45) is 5.92 Å². The third-order valence-electron chi connectivity index (χ3n) is 5.33. The molecule has 150 valence electrons. The largest absolute Gasteiger partial charge is 0.497 e. The number of nitrogens with one attached hydrogen (secondary N) is 2. The summed E-state index contributed by atoms with van der Waals surface area (Å²) in [5.41, 5.74) is 0.999. The maximum atomic E-state index is 12.6. The van der Waals surface area contributed by atoms with Crippen molar-refractivity contribution in [1.82, 2.24) is 15.5 Å². The number of benzene rings is 1. The molecule has 0 radical (unpaired) electrons. The second-order valence-corrected chi connectivity index (χ2v) is 7.27. The van der Waals surface area contributed by atoms with Crippen LogP contribution in [0.15, 0.2) is 24.3 Å². The third-order valence-corrected chi connectivity index (χ3v) is 5.33. The zero-order valence-electron chi connectivity index (χ0n) is 15.9. The molecule has 2 saturated heterocycles. The van der Waals surface area contributed by atoms with E-state index in [1.165, 1.54) is 0 Å². The predicted octanol–water partition coefficient (Wildman–Crippen LogP) is 1.77. The van der Waals surface area contributed by atoms with Crippen molar-refractivity contribution in [1.29, 1.82) is 0 Å². The number of halogens is 1. The normalized spacial score (nSPS) is 22.0. The van der Waals surface area contributed by atoms with E-state index in [1.807, 2.05) is 29.2 Å². The van der Waals surface area contributed by atoms with Crippen LogP contribution in [0.2, 0.25) is 0 Å². The lowest BCUT2D eigenvalue weighted by Gasteiger charge is -2.33. The van der Waals surface area contributed by atoms with Crippen molar-refractivity contribution < 1.29 is 14.3 Å². The van der Waals surface area contributed by atoms with Crippen molar-refractivity contribution >= 4 is 24.2 Å². The third kappa shape index (κ3) is 6.11. The highest BCUT2D eigenvalue weighted by Gasteiger charge is 2.26. The Morgan fingerprint density at radius 1 is 1.22 bits per heavy atom. The number of hydrogen-bond donors (Lipinski definition) is 2. The number of nitrogens with zero attached hydrogens (tertiary/aromatic N) is 1. The fraction of sp³-hybridized carbons (Fsp3) is 0.600. The van der Waals surface area contributed by atoms with Gasteiger partial charge in [0.1, 0.15) is 5.75 Å². The first-order valence-corrected chi connectivity index (χ1v) is 9.57. The van der Waals surface area contributed by atoms with E-state index in [0.29, 0.717) is 18.9 Å². The first kappa shape index (κ1) is 21.5. The van der Waals surface area contributed by atoms with Gasteiger partial charge in [-0.15, -0.1) is 12.4 Å². The standard InChI is InChI=1S/C20H29N3O3.ClH/c1-26-17-8-6-15(7-9-17)12-19(24)23-11-3-4-16(14-23)13-22-20(25)18-5-2-10-21-18;/h6-9,16,18,21H,2-5,10-14H2,1H3,(H,22,25);1H. The topological polar surface area (TPSA) is 70.7 Å². The number of rotatable bonds is 6. The quantitative estimate of drug-likeness (QED) is 0.770. The molecule has 2 fully saturated rings. The van der Waals surface area contributed by atoms with E-state index in [1.54, 1.807) is 7.11 Å². The van der Waals surface area contributed by atoms with E-state index in [4.69, 9.17) is 4.74 Å². The molecule has 27 heavy (non-hydrogen) atoms. The molecule has 2 heterocycles. The van der Waals surface area contributed by atoms with E-state index in [9.17, 15) is 9.59 Å². The summed E-state index contributed by atoms with van der Waals surface area (Å²) in [6.45, 7) is 3.12. The summed E-state index contributed by atoms with van der Waals surface area (Å²) < 4.78 is 5.15. The highest BCUT2D eigenvalue weighted by Crippen LogP contribution is 2.18. The van der Waals surface area contributed by atoms with Gasteiger partial charge in [0.2, 0.25) is 11.8 Å². The number of hydrogen-bond acceptors (Lipinski definition) is 4. The minimum absolute atomic E-state index is 0. The van der Waals surface area contributed by atoms with E-state index < -0.39 is 0 Å². The molecule has 2 N–H and O–H groups in total. The maximum absolute atomic E-state index is 12.6. The van der Waals surface area contributed by atoms with E-state index in [2.05, 4.69) is 10.6 Å². The number of methoxy groups -OCH3 is 1. The molecule has 1 aromatic rings. The molecule has 1 aromatic carbocycles. The van der Waals surface area contributed by atoms with E-state index >= 15 is 0 Å². The molecule has 2 atom stereocenters. The second-order valence-electron chi connectivity index (χ2n) is 7.27. The molecule has 0 aromatic heterocycles. The first-order valence-electron chi connectivity index (χ1n) is 9.57. The van der Waals surface area contributed by atoms with Crippen LogP contribution in [-0.2, 0) is 16.0 Å². The van der Waals surface area contributed by atoms with Gasteiger partial charge in [-0.3, -0.25) is 9.59 Å². The summed E-state index contributed by atoms with van der Waals surface area (Å²) in [4.78, 5) is 26.7. The number of ether oxygens (including phenoxy) is 1. The van der Waals surface area contributed by atoms with Crippen molar-refractivity contribution in [2.75, 3.05) is 33.3 Å². The average Bonchev–Trinajstić information content (AvgIpc) is 3.22. The minimum Gasteiger partial charge on any atom is -0.497 e. The van der Waals surface area contributed by atoms with Crippen LogP contribution < -0.4 is 15.4 Å². The predicted molar refractivity (Wildman–Crippen MR) is 107 cm³/mol. The SMILES string of the molecule is COc1ccc(CC(=O)N2CCCC(CNC(=O)C3CCCN3)C2)cc1.Cl. The van der Waals surface area contributed by atoms with Gasteiger partial charge in [0, 0.05) is 19.6 Å².